The molecule has 2 aromatic carbocycles. The Morgan fingerprint density at radius 1 is 1.00 bits per heavy atom. The zero-order valence-electron chi connectivity index (χ0n) is 14.5. The topological polar surface area (TPSA) is 41.9 Å². The summed E-state index contributed by atoms with van der Waals surface area (Å²) in [6.45, 7) is 1.62. The molecule has 0 saturated carbocycles. The molecule has 0 aromatic heterocycles. The number of hydrogen-bond acceptors (Lipinski definition) is 3. The summed E-state index contributed by atoms with van der Waals surface area (Å²) in [5.74, 6) is -0.332. The van der Waals surface area contributed by atoms with Gasteiger partial charge in [0.25, 0.3) is 0 Å². The first-order chi connectivity index (χ1) is 12.7. The molecule has 2 aliphatic rings. The van der Waals surface area contributed by atoms with Gasteiger partial charge in [-0.1, -0.05) is 59.2 Å². The largest absolute Gasteiger partial charge is 0.386 e. The molecule has 26 heavy (non-hydrogen) atoms. The lowest BCUT2D eigenvalue weighted by Gasteiger charge is -2.30. The minimum absolute atomic E-state index is 0.102. The fraction of sp³-hybridized carbons (Fsp3) is 0.333. The smallest absolute Gasteiger partial charge is 0.236 e. The Hall–Kier alpha value is -2.33. The molecule has 0 N–H and O–H groups in total. The van der Waals surface area contributed by atoms with E-state index in [0.29, 0.717) is 10.7 Å². The van der Waals surface area contributed by atoms with Crippen molar-refractivity contribution in [2.75, 3.05) is 13.1 Å². The van der Waals surface area contributed by atoms with E-state index < -0.39 is 12.0 Å². The molecule has 0 spiro atoms. The molecule has 2 aliphatic heterocycles. The highest BCUT2D eigenvalue weighted by Crippen LogP contribution is 2.37. The third-order valence-electron chi connectivity index (χ3n) is 5.06. The number of amides is 1. The van der Waals surface area contributed by atoms with Crippen LogP contribution in [0.15, 0.2) is 59.8 Å². The highest BCUT2D eigenvalue weighted by molar-refractivity contribution is 6.30. The molecular formula is C21H21ClN2O2. The second-order valence-electron chi connectivity index (χ2n) is 6.78. The standard InChI is InChI=1S/C21H21ClN2O2/c22-17-11-9-15(10-12-17)19-18(21(25)24-13-5-2-6-14-24)20(26-23-19)16-7-3-1-4-8-16/h1,3-4,7-12,18,20H,2,5-6,13-14H2/t18-,20+/m1/s1. The monoisotopic (exact) mass is 368 g/mol. The van der Waals surface area contributed by atoms with Crippen molar-refractivity contribution in [3.05, 3.63) is 70.7 Å². The summed E-state index contributed by atoms with van der Waals surface area (Å²) in [5.41, 5.74) is 2.53. The van der Waals surface area contributed by atoms with Crippen LogP contribution in [0.5, 0.6) is 0 Å². The Morgan fingerprint density at radius 2 is 1.69 bits per heavy atom. The maximum Gasteiger partial charge on any atom is 0.236 e. The lowest BCUT2D eigenvalue weighted by atomic mass is 9.87. The number of benzene rings is 2. The lowest BCUT2D eigenvalue weighted by molar-refractivity contribution is -0.137. The van der Waals surface area contributed by atoms with Gasteiger partial charge in [0, 0.05) is 23.7 Å². The fourth-order valence-electron chi connectivity index (χ4n) is 3.68. The Labute approximate surface area is 158 Å². The molecule has 134 valence electrons. The van der Waals surface area contributed by atoms with E-state index in [0.717, 1.165) is 37.1 Å². The van der Waals surface area contributed by atoms with Crippen LogP contribution in [0.2, 0.25) is 5.02 Å². The van der Waals surface area contributed by atoms with E-state index in [4.69, 9.17) is 16.4 Å². The third kappa shape index (κ3) is 3.34. The second-order valence-corrected chi connectivity index (χ2v) is 7.22. The number of likely N-dealkylation sites (tertiary alicyclic amines) is 1. The quantitative estimate of drug-likeness (QED) is 0.803. The Kier molecular flexibility index (Phi) is 4.93. The second kappa shape index (κ2) is 7.50. The molecule has 0 bridgehead atoms. The number of halogens is 1. The molecule has 1 saturated heterocycles. The van der Waals surface area contributed by atoms with Crippen LogP contribution in [0.1, 0.15) is 36.5 Å². The van der Waals surface area contributed by atoms with E-state index in [1.807, 2.05) is 59.5 Å². The molecule has 4 rings (SSSR count). The molecule has 2 atom stereocenters. The molecule has 2 aromatic rings. The van der Waals surface area contributed by atoms with E-state index in [-0.39, 0.29) is 5.91 Å². The number of carbonyl (C=O) groups excluding carboxylic acids is 1. The molecule has 1 fully saturated rings. The number of rotatable bonds is 3. The summed E-state index contributed by atoms with van der Waals surface area (Å²) in [5, 5.41) is 4.98. The maximum atomic E-state index is 13.4. The van der Waals surface area contributed by atoms with Crippen LogP contribution in [0.3, 0.4) is 0 Å². The van der Waals surface area contributed by atoms with E-state index in [9.17, 15) is 4.79 Å². The number of hydrogen-bond donors (Lipinski definition) is 0. The number of oxime groups is 1. The van der Waals surface area contributed by atoms with Crippen molar-refractivity contribution < 1.29 is 9.63 Å². The zero-order chi connectivity index (χ0) is 17.9. The summed E-state index contributed by atoms with van der Waals surface area (Å²) < 4.78 is 0. The van der Waals surface area contributed by atoms with E-state index in [1.54, 1.807) is 0 Å². The average molecular weight is 369 g/mol. The molecule has 4 nitrogen and oxygen atoms in total. The summed E-state index contributed by atoms with van der Waals surface area (Å²) in [6, 6.07) is 17.3. The van der Waals surface area contributed by atoms with Crippen LogP contribution in [0.4, 0.5) is 0 Å². The predicted octanol–water partition coefficient (Wildman–Crippen LogP) is 4.44. The molecule has 0 radical (unpaired) electrons. The molecule has 0 unspecified atom stereocenters. The Morgan fingerprint density at radius 3 is 2.38 bits per heavy atom. The van der Waals surface area contributed by atoms with Crippen molar-refractivity contribution in [3.63, 3.8) is 0 Å². The van der Waals surface area contributed by atoms with Gasteiger partial charge in [-0.3, -0.25) is 4.79 Å². The van der Waals surface area contributed by atoms with Gasteiger partial charge in [0.15, 0.2) is 6.10 Å². The molecule has 5 heteroatoms. The first-order valence-corrected chi connectivity index (χ1v) is 9.45. The minimum Gasteiger partial charge on any atom is -0.386 e. The van der Waals surface area contributed by atoms with E-state index >= 15 is 0 Å². The van der Waals surface area contributed by atoms with Crippen molar-refractivity contribution in [1.82, 2.24) is 4.90 Å². The summed E-state index contributed by atoms with van der Waals surface area (Å²) in [6.07, 6.45) is 2.91. The minimum atomic E-state index is -0.434. The van der Waals surface area contributed by atoms with Gasteiger partial charge in [0.1, 0.15) is 11.6 Å². The van der Waals surface area contributed by atoms with Crippen LogP contribution in [0, 0.1) is 5.92 Å². The molecular weight excluding hydrogens is 348 g/mol. The Balaban J connectivity index is 1.68. The van der Waals surface area contributed by atoms with Crippen molar-refractivity contribution in [2.45, 2.75) is 25.4 Å². The first-order valence-electron chi connectivity index (χ1n) is 9.07. The van der Waals surface area contributed by atoms with Crippen molar-refractivity contribution in [1.29, 1.82) is 0 Å². The van der Waals surface area contributed by atoms with Gasteiger partial charge in [-0.15, -0.1) is 0 Å². The zero-order valence-corrected chi connectivity index (χ0v) is 15.2. The van der Waals surface area contributed by atoms with Gasteiger partial charge in [-0.2, -0.15) is 0 Å². The predicted molar refractivity (Wildman–Crippen MR) is 102 cm³/mol. The molecule has 0 aliphatic carbocycles. The molecule has 2 heterocycles. The van der Waals surface area contributed by atoms with Crippen LogP contribution < -0.4 is 0 Å². The normalized spacial score (nSPS) is 22.7. The Bertz CT molecular complexity index is 799. The van der Waals surface area contributed by atoms with E-state index in [1.165, 1.54) is 6.42 Å². The molecule has 1 amide bonds. The van der Waals surface area contributed by atoms with Crippen LogP contribution in [-0.4, -0.2) is 29.6 Å². The first kappa shape index (κ1) is 17.1. The van der Waals surface area contributed by atoms with Gasteiger partial charge in [0.05, 0.1) is 0 Å². The SMILES string of the molecule is O=C([C@@H]1C(c2ccc(Cl)cc2)=NO[C@H]1c1ccccc1)N1CCCCC1. The highest BCUT2D eigenvalue weighted by atomic mass is 35.5. The van der Waals surface area contributed by atoms with Gasteiger partial charge in [0.2, 0.25) is 5.91 Å². The number of nitrogens with zero attached hydrogens (tertiary/aromatic N) is 2. The van der Waals surface area contributed by atoms with E-state index in [2.05, 4.69) is 5.16 Å². The van der Waals surface area contributed by atoms with Gasteiger partial charge >= 0.3 is 0 Å². The van der Waals surface area contributed by atoms with Crippen LogP contribution >= 0.6 is 11.6 Å². The number of carbonyl (C=O) groups is 1. The highest BCUT2D eigenvalue weighted by Gasteiger charge is 2.43. The summed E-state index contributed by atoms with van der Waals surface area (Å²) in [7, 11) is 0. The summed E-state index contributed by atoms with van der Waals surface area (Å²) in [4.78, 5) is 21.1. The van der Waals surface area contributed by atoms with Crippen molar-refractivity contribution >= 4 is 23.2 Å². The van der Waals surface area contributed by atoms with Gasteiger partial charge in [-0.25, -0.2) is 0 Å². The van der Waals surface area contributed by atoms with Crippen molar-refractivity contribution in [2.24, 2.45) is 11.1 Å². The maximum absolute atomic E-state index is 13.4. The fourth-order valence-corrected chi connectivity index (χ4v) is 3.81. The van der Waals surface area contributed by atoms with Crippen molar-refractivity contribution in [3.8, 4) is 0 Å². The third-order valence-corrected chi connectivity index (χ3v) is 5.32. The lowest BCUT2D eigenvalue weighted by Crippen LogP contribution is -2.43. The van der Waals surface area contributed by atoms with Crippen LogP contribution in [0.25, 0.3) is 0 Å². The number of piperidine rings is 1. The van der Waals surface area contributed by atoms with Gasteiger partial charge < -0.3 is 9.74 Å². The summed E-state index contributed by atoms with van der Waals surface area (Å²) >= 11 is 6.02. The van der Waals surface area contributed by atoms with Crippen LogP contribution in [-0.2, 0) is 9.63 Å². The average Bonchev–Trinajstić information content (AvgIpc) is 3.14. The van der Waals surface area contributed by atoms with Gasteiger partial charge in [-0.05, 0) is 37.0 Å².